The standard InChI is InChI=1S/C17H28N2O2S.ClH/c1-17(2)11-19(7-6-16(17)18)10-12-8-13(20-3)14(21-4)9-15(12)22-5;/h8-9,16H,6-7,10-11,18H2,1-5H3;1H. The van der Waals surface area contributed by atoms with Gasteiger partial charge in [0.1, 0.15) is 0 Å². The van der Waals surface area contributed by atoms with Crippen LogP contribution in [0.15, 0.2) is 17.0 Å². The molecular formula is C17H29ClN2O2S. The average molecular weight is 361 g/mol. The number of piperidine rings is 1. The number of thioether (sulfide) groups is 1. The van der Waals surface area contributed by atoms with Gasteiger partial charge in [-0.25, -0.2) is 0 Å². The fourth-order valence-electron chi connectivity index (χ4n) is 3.08. The van der Waals surface area contributed by atoms with E-state index in [1.54, 1.807) is 26.0 Å². The molecule has 1 saturated heterocycles. The number of nitrogens with two attached hydrogens (primary N) is 1. The molecule has 132 valence electrons. The molecule has 1 heterocycles. The van der Waals surface area contributed by atoms with Crippen molar-refractivity contribution in [3.63, 3.8) is 0 Å². The maximum Gasteiger partial charge on any atom is 0.161 e. The van der Waals surface area contributed by atoms with Crippen LogP contribution in [-0.4, -0.2) is 44.5 Å². The Morgan fingerprint density at radius 2 is 1.87 bits per heavy atom. The number of ether oxygens (including phenoxy) is 2. The molecule has 0 aliphatic carbocycles. The quantitative estimate of drug-likeness (QED) is 0.815. The van der Waals surface area contributed by atoms with Gasteiger partial charge in [0.15, 0.2) is 11.5 Å². The molecule has 1 aliphatic rings. The Morgan fingerprint density at radius 1 is 1.26 bits per heavy atom. The second-order valence-electron chi connectivity index (χ2n) is 6.61. The third kappa shape index (κ3) is 4.69. The van der Waals surface area contributed by atoms with Crippen LogP contribution in [0.2, 0.25) is 0 Å². The van der Waals surface area contributed by atoms with E-state index in [1.165, 1.54) is 10.5 Å². The highest BCUT2D eigenvalue weighted by molar-refractivity contribution is 7.98. The van der Waals surface area contributed by atoms with Crippen LogP contribution < -0.4 is 15.2 Å². The number of nitrogens with zero attached hydrogens (tertiary/aromatic N) is 1. The molecule has 6 heteroatoms. The summed E-state index contributed by atoms with van der Waals surface area (Å²) in [6, 6.07) is 4.46. The Labute approximate surface area is 150 Å². The number of benzene rings is 1. The van der Waals surface area contributed by atoms with Crippen LogP contribution >= 0.6 is 24.2 Å². The number of hydrogen-bond donors (Lipinski definition) is 1. The normalized spacial score (nSPS) is 20.7. The second-order valence-corrected chi connectivity index (χ2v) is 7.46. The van der Waals surface area contributed by atoms with Crippen molar-refractivity contribution in [3.8, 4) is 11.5 Å². The van der Waals surface area contributed by atoms with E-state index in [-0.39, 0.29) is 23.9 Å². The molecule has 1 fully saturated rings. The van der Waals surface area contributed by atoms with Crippen LogP contribution in [0.1, 0.15) is 25.8 Å². The minimum absolute atomic E-state index is 0. The van der Waals surface area contributed by atoms with Gasteiger partial charge in [0.25, 0.3) is 0 Å². The smallest absolute Gasteiger partial charge is 0.161 e. The van der Waals surface area contributed by atoms with Gasteiger partial charge in [0, 0.05) is 30.6 Å². The van der Waals surface area contributed by atoms with Gasteiger partial charge >= 0.3 is 0 Å². The van der Waals surface area contributed by atoms with Crippen molar-refractivity contribution in [2.75, 3.05) is 33.6 Å². The third-order valence-electron chi connectivity index (χ3n) is 4.57. The van der Waals surface area contributed by atoms with Gasteiger partial charge < -0.3 is 15.2 Å². The monoisotopic (exact) mass is 360 g/mol. The highest BCUT2D eigenvalue weighted by atomic mass is 35.5. The Hall–Kier alpha value is -0.620. The molecule has 23 heavy (non-hydrogen) atoms. The van der Waals surface area contributed by atoms with E-state index in [0.29, 0.717) is 0 Å². The van der Waals surface area contributed by atoms with E-state index in [1.807, 2.05) is 0 Å². The number of rotatable bonds is 5. The molecule has 1 atom stereocenters. The SMILES string of the molecule is COc1cc(CN2CCC(N)C(C)(C)C2)c(SC)cc1OC.Cl. The van der Waals surface area contributed by atoms with Crippen LogP contribution in [0.3, 0.4) is 0 Å². The highest BCUT2D eigenvalue weighted by Gasteiger charge is 2.33. The molecular weight excluding hydrogens is 332 g/mol. The summed E-state index contributed by atoms with van der Waals surface area (Å²) >= 11 is 1.75. The zero-order chi connectivity index (χ0) is 16.3. The lowest BCUT2D eigenvalue weighted by Gasteiger charge is -2.42. The Balaban J connectivity index is 0.00000264. The van der Waals surface area contributed by atoms with E-state index in [0.717, 1.165) is 37.6 Å². The maximum atomic E-state index is 6.24. The van der Waals surface area contributed by atoms with Crippen molar-refractivity contribution in [2.45, 2.75) is 37.8 Å². The van der Waals surface area contributed by atoms with Crippen LogP contribution in [0.4, 0.5) is 0 Å². The second kappa shape index (κ2) is 8.47. The molecule has 2 N–H and O–H groups in total. The molecule has 0 saturated carbocycles. The minimum Gasteiger partial charge on any atom is -0.493 e. The largest absolute Gasteiger partial charge is 0.493 e. The van der Waals surface area contributed by atoms with Crippen molar-refractivity contribution in [3.05, 3.63) is 17.7 Å². The summed E-state index contributed by atoms with van der Waals surface area (Å²) in [5.74, 6) is 1.58. The maximum absolute atomic E-state index is 6.24. The van der Waals surface area contributed by atoms with Crippen LogP contribution in [0.5, 0.6) is 11.5 Å². The van der Waals surface area contributed by atoms with E-state index in [9.17, 15) is 0 Å². The van der Waals surface area contributed by atoms with Crippen LogP contribution in [0, 0.1) is 5.41 Å². The van der Waals surface area contributed by atoms with Gasteiger partial charge in [0.05, 0.1) is 14.2 Å². The summed E-state index contributed by atoms with van der Waals surface area (Å²) in [4.78, 5) is 3.73. The molecule has 0 spiro atoms. The number of hydrogen-bond acceptors (Lipinski definition) is 5. The van der Waals surface area contributed by atoms with Crippen molar-refractivity contribution in [1.82, 2.24) is 4.90 Å². The highest BCUT2D eigenvalue weighted by Crippen LogP contribution is 2.36. The number of halogens is 1. The summed E-state index contributed by atoms with van der Waals surface area (Å²) < 4.78 is 10.9. The lowest BCUT2D eigenvalue weighted by Crippen LogP contribution is -2.52. The summed E-state index contributed by atoms with van der Waals surface area (Å²) in [6.45, 7) is 7.51. The Morgan fingerprint density at radius 3 is 2.39 bits per heavy atom. The topological polar surface area (TPSA) is 47.7 Å². The number of methoxy groups -OCH3 is 2. The molecule has 0 amide bonds. The molecule has 4 nitrogen and oxygen atoms in total. The average Bonchev–Trinajstić information content (AvgIpc) is 2.50. The van der Waals surface area contributed by atoms with Crippen molar-refractivity contribution in [1.29, 1.82) is 0 Å². The van der Waals surface area contributed by atoms with Crippen LogP contribution in [-0.2, 0) is 6.54 Å². The summed E-state index contributed by atoms with van der Waals surface area (Å²) in [5, 5.41) is 0. The first-order chi connectivity index (χ1) is 10.4. The van der Waals surface area contributed by atoms with Gasteiger partial charge in [-0.2, -0.15) is 0 Å². The molecule has 0 aromatic heterocycles. The molecule has 1 aliphatic heterocycles. The lowest BCUT2D eigenvalue weighted by atomic mass is 9.79. The predicted octanol–water partition coefficient (Wildman–Crippen LogP) is 3.41. The Bertz CT molecular complexity index is 526. The van der Waals surface area contributed by atoms with Gasteiger partial charge in [0.2, 0.25) is 0 Å². The fraction of sp³-hybridized carbons (Fsp3) is 0.647. The van der Waals surface area contributed by atoms with Crippen molar-refractivity contribution < 1.29 is 9.47 Å². The van der Waals surface area contributed by atoms with E-state index < -0.39 is 0 Å². The van der Waals surface area contributed by atoms with Gasteiger partial charge in [-0.15, -0.1) is 24.2 Å². The molecule has 0 bridgehead atoms. The van der Waals surface area contributed by atoms with Crippen LogP contribution in [0.25, 0.3) is 0 Å². The van der Waals surface area contributed by atoms with Gasteiger partial charge in [-0.05, 0) is 35.8 Å². The molecule has 1 unspecified atom stereocenters. The van der Waals surface area contributed by atoms with Crippen molar-refractivity contribution >= 4 is 24.2 Å². The van der Waals surface area contributed by atoms with E-state index >= 15 is 0 Å². The first kappa shape index (κ1) is 20.4. The first-order valence-electron chi connectivity index (χ1n) is 7.68. The molecule has 2 rings (SSSR count). The zero-order valence-electron chi connectivity index (χ0n) is 14.7. The summed E-state index contributed by atoms with van der Waals surface area (Å²) in [7, 11) is 3.36. The minimum atomic E-state index is 0. The van der Waals surface area contributed by atoms with Crippen molar-refractivity contribution in [2.24, 2.45) is 11.1 Å². The number of likely N-dealkylation sites (tertiary alicyclic amines) is 1. The van der Waals surface area contributed by atoms with Gasteiger partial charge in [-0.3, -0.25) is 4.90 Å². The zero-order valence-corrected chi connectivity index (χ0v) is 16.4. The molecule has 0 radical (unpaired) electrons. The van der Waals surface area contributed by atoms with Gasteiger partial charge in [-0.1, -0.05) is 13.8 Å². The molecule has 1 aromatic rings. The van der Waals surface area contributed by atoms with E-state index in [2.05, 4.69) is 37.1 Å². The fourth-order valence-corrected chi connectivity index (χ4v) is 3.69. The lowest BCUT2D eigenvalue weighted by molar-refractivity contribution is 0.0892. The third-order valence-corrected chi connectivity index (χ3v) is 5.39. The Kier molecular flexibility index (Phi) is 7.52. The van der Waals surface area contributed by atoms with E-state index in [4.69, 9.17) is 15.2 Å². The first-order valence-corrected chi connectivity index (χ1v) is 8.90. The summed E-state index contributed by atoms with van der Waals surface area (Å²) in [6.07, 6.45) is 3.15. The predicted molar refractivity (Wildman–Crippen MR) is 100 cm³/mol. The summed E-state index contributed by atoms with van der Waals surface area (Å²) in [5.41, 5.74) is 7.69. The molecule has 1 aromatic carbocycles.